The second kappa shape index (κ2) is 6.12. The third kappa shape index (κ3) is 3.51. The summed E-state index contributed by atoms with van der Waals surface area (Å²) >= 11 is 4.23. The Morgan fingerprint density at radius 1 is 1.35 bits per heavy atom. The number of piperazine rings is 1. The first kappa shape index (κ1) is 12.5. The fraction of sp³-hybridized carbons (Fsp3) is 0.583. The smallest absolute Gasteiger partial charge is 0.227 e. The van der Waals surface area contributed by atoms with Gasteiger partial charge in [-0.3, -0.25) is 9.69 Å². The Hall–Kier alpha value is -0.940. The Morgan fingerprint density at radius 2 is 2.12 bits per heavy atom. The predicted octanol–water partition coefficient (Wildman–Crippen LogP) is 0.631. The van der Waals surface area contributed by atoms with Gasteiger partial charge < -0.3 is 9.88 Å². The van der Waals surface area contributed by atoms with Gasteiger partial charge in [0, 0.05) is 50.9 Å². The maximum atomic E-state index is 12.0. The van der Waals surface area contributed by atoms with Gasteiger partial charge in [0.25, 0.3) is 0 Å². The van der Waals surface area contributed by atoms with Crippen LogP contribution < -0.4 is 0 Å². The molecule has 0 aromatic carbocycles. The number of amides is 1. The molecule has 0 radical (unpaired) electrons. The number of rotatable bonds is 4. The van der Waals surface area contributed by atoms with E-state index in [1.165, 1.54) is 0 Å². The third-order valence-corrected chi connectivity index (χ3v) is 3.36. The van der Waals surface area contributed by atoms with Crippen LogP contribution in [0.15, 0.2) is 18.5 Å². The number of aromatic nitrogens is 1. The van der Waals surface area contributed by atoms with E-state index in [0.717, 1.165) is 44.0 Å². The summed E-state index contributed by atoms with van der Waals surface area (Å²) in [4.78, 5) is 19.3. The average molecular weight is 253 g/mol. The Labute approximate surface area is 107 Å². The quantitative estimate of drug-likeness (QED) is 0.773. The van der Waals surface area contributed by atoms with E-state index in [2.05, 4.69) is 22.5 Å². The number of carbonyl (C=O) groups is 1. The summed E-state index contributed by atoms with van der Waals surface area (Å²) < 4.78 is 0. The third-order valence-electron chi connectivity index (χ3n) is 3.16. The summed E-state index contributed by atoms with van der Waals surface area (Å²) in [5.74, 6) is 1.12. The largest absolute Gasteiger partial charge is 0.367 e. The first-order valence-corrected chi connectivity index (χ1v) is 6.65. The lowest BCUT2D eigenvalue weighted by molar-refractivity contribution is -0.132. The minimum atomic E-state index is 0.232. The molecule has 0 spiro atoms. The van der Waals surface area contributed by atoms with Gasteiger partial charge in [0.15, 0.2) is 0 Å². The van der Waals surface area contributed by atoms with E-state index in [1.54, 1.807) is 0 Å². The lowest BCUT2D eigenvalue weighted by Crippen LogP contribution is -2.49. The average Bonchev–Trinajstić information content (AvgIpc) is 2.83. The summed E-state index contributed by atoms with van der Waals surface area (Å²) in [7, 11) is 0. The lowest BCUT2D eigenvalue weighted by atomic mass is 10.2. The van der Waals surface area contributed by atoms with Crippen LogP contribution in [0.5, 0.6) is 0 Å². The highest BCUT2D eigenvalue weighted by atomic mass is 32.1. The Bertz CT molecular complexity index is 345. The van der Waals surface area contributed by atoms with Crippen molar-refractivity contribution >= 4 is 18.5 Å². The molecule has 4 nitrogen and oxygen atoms in total. The number of aromatic amines is 1. The molecule has 94 valence electrons. The van der Waals surface area contributed by atoms with Gasteiger partial charge in [-0.2, -0.15) is 12.6 Å². The molecular formula is C12H19N3OS. The minimum Gasteiger partial charge on any atom is -0.367 e. The van der Waals surface area contributed by atoms with Gasteiger partial charge >= 0.3 is 0 Å². The Kier molecular flexibility index (Phi) is 4.50. The van der Waals surface area contributed by atoms with Gasteiger partial charge in [0.2, 0.25) is 5.91 Å². The monoisotopic (exact) mass is 253 g/mol. The fourth-order valence-electron chi connectivity index (χ4n) is 2.12. The number of nitrogens with one attached hydrogen (secondary N) is 1. The number of nitrogens with zero attached hydrogens (tertiary/aromatic N) is 2. The van der Waals surface area contributed by atoms with Crippen LogP contribution in [-0.2, 0) is 11.2 Å². The molecule has 0 bridgehead atoms. The van der Waals surface area contributed by atoms with Gasteiger partial charge in [0.05, 0.1) is 6.42 Å². The molecule has 2 heterocycles. The molecule has 1 fully saturated rings. The number of H-pyrrole nitrogens is 1. The normalized spacial score (nSPS) is 17.4. The van der Waals surface area contributed by atoms with E-state index < -0.39 is 0 Å². The lowest BCUT2D eigenvalue weighted by Gasteiger charge is -2.34. The number of thiol groups is 1. The van der Waals surface area contributed by atoms with E-state index in [0.29, 0.717) is 6.42 Å². The van der Waals surface area contributed by atoms with E-state index in [1.807, 2.05) is 23.4 Å². The van der Waals surface area contributed by atoms with Crippen LogP contribution in [0.25, 0.3) is 0 Å². The van der Waals surface area contributed by atoms with Gasteiger partial charge in [-0.1, -0.05) is 0 Å². The molecule has 1 N–H and O–H groups in total. The zero-order valence-corrected chi connectivity index (χ0v) is 10.8. The molecule has 0 saturated carbocycles. The van der Waals surface area contributed by atoms with Crippen molar-refractivity contribution in [2.75, 3.05) is 38.5 Å². The van der Waals surface area contributed by atoms with Crippen molar-refractivity contribution in [3.05, 3.63) is 24.0 Å². The van der Waals surface area contributed by atoms with E-state index in [4.69, 9.17) is 0 Å². The zero-order chi connectivity index (χ0) is 12.1. The van der Waals surface area contributed by atoms with Crippen LogP contribution in [0.1, 0.15) is 5.56 Å². The van der Waals surface area contributed by atoms with E-state index >= 15 is 0 Å². The van der Waals surface area contributed by atoms with Crippen LogP contribution in [0.3, 0.4) is 0 Å². The maximum Gasteiger partial charge on any atom is 0.227 e. The number of hydrogen-bond donors (Lipinski definition) is 2. The SMILES string of the molecule is O=C(Cc1cc[nH]c1)N1CCN(CCS)CC1. The zero-order valence-electron chi connectivity index (χ0n) is 9.93. The molecule has 1 aliphatic heterocycles. The van der Waals surface area contributed by atoms with Crippen LogP contribution in [-0.4, -0.2) is 59.2 Å². The molecule has 1 saturated heterocycles. The second-order valence-electron chi connectivity index (χ2n) is 4.34. The van der Waals surface area contributed by atoms with Crippen molar-refractivity contribution in [3.8, 4) is 0 Å². The summed E-state index contributed by atoms with van der Waals surface area (Å²) in [6.45, 7) is 4.65. The summed E-state index contributed by atoms with van der Waals surface area (Å²) in [5, 5.41) is 0. The standard InChI is InChI=1S/C12H19N3OS/c16-12(9-11-1-2-13-10-11)15-5-3-14(4-6-15)7-8-17/h1-2,10,13,17H,3-9H2. The summed E-state index contributed by atoms with van der Waals surface area (Å²) in [6.07, 6.45) is 4.25. The van der Waals surface area contributed by atoms with Crippen molar-refractivity contribution in [2.45, 2.75) is 6.42 Å². The summed E-state index contributed by atoms with van der Waals surface area (Å²) in [5.41, 5.74) is 1.06. The Morgan fingerprint density at radius 3 is 2.71 bits per heavy atom. The van der Waals surface area contributed by atoms with Crippen LogP contribution in [0, 0.1) is 0 Å². The topological polar surface area (TPSA) is 39.3 Å². The molecule has 0 atom stereocenters. The molecule has 0 unspecified atom stereocenters. The highest BCUT2D eigenvalue weighted by molar-refractivity contribution is 7.80. The van der Waals surface area contributed by atoms with Crippen molar-refractivity contribution in [3.63, 3.8) is 0 Å². The highest BCUT2D eigenvalue weighted by Crippen LogP contribution is 2.06. The maximum absolute atomic E-state index is 12.0. The predicted molar refractivity (Wildman–Crippen MR) is 71.4 cm³/mol. The number of hydrogen-bond acceptors (Lipinski definition) is 3. The molecule has 0 aliphatic carbocycles. The molecule has 1 aliphatic rings. The van der Waals surface area contributed by atoms with E-state index in [9.17, 15) is 4.79 Å². The van der Waals surface area contributed by atoms with Gasteiger partial charge in [-0.25, -0.2) is 0 Å². The summed E-state index contributed by atoms with van der Waals surface area (Å²) in [6, 6.07) is 1.95. The van der Waals surface area contributed by atoms with Crippen molar-refractivity contribution < 1.29 is 4.79 Å². The van der Waals surface area contributed by atoms with Crippen LogP contribution >= 0.6 is 12.6 Å². The van der Waals surface area contributed by atoms with Gasteiger partial charge in [-0.15, -0.1) is 0 Å². The second-order valence-corrected chi connectivity index (χ2v) is 4.79. The molecule has 2 rings (SSSR count). The molecule has 17 heavy (non-hydrogen) atoms. The minimum absolute atomic E-state index is 0.232. The highest BCUT2D eigenvalue weighted by Gasteiger charge is 2.20. The molecule has 5 heteroatoms. The number of carbonyl (C=O) groups excluding carboxylic acids is 1. The van der Waals surface area contributed by atoms with Crippen LogP contribution in [0.4, 0.5) is 0 Å². The first-order valence-electron chi connectivity index (χ1n) is 6.02. The molecule has 1 aromatic rings. The molecule has 1 aromatic heterocycles. The molecule has 1 amide bonds. The van der Waals surface area contributed by atoms with Crippen LogP contribution in [0.2, 0.25) is 0 Å². The van der Waals surface area contributed by atoms with Gasteiger partial charge in [-0.05, 0) is 11.6 Å². The fourth-order valence-corrected chi connectivity index (χ4v) is 2.40. The van der Waals surface area contributed by atoms with Crippen molar-refractivity contribution in [2.24, 2.45) is 0 Å². The molecular weight excluding hydrogens is 234 g/mol. The van der Waals surface area contributed by atoms with E-state index in [-0.39, 0.29) is 5.91 Å². The van der Waals surface area contributed by atoms with Gasteiger partial charge in [0.1, 0.15) is 0 Å². The first-order chi connectivity index (χ1) is 8.29. The van der Waals surface area contributed by atoms with Crippen molar-refractivity contribution in [1.82, 2.24) is 14.8 Å². The Balaban J connectivity index is 1.78. The van der Waals surface area contributed by atoms with Crippen molar-refractivity contribution in [1.29, 1.82) is 0 Å².